The van der Waals surface area contributed by atoms with Crippen molar-refractivity contribution < 1.29 is 0 Å². The van der Waals surface area contributed by atoms with Gasteiger partial charge in [0, 0.05) is 11.9 Å². The average Bonchev–Trinajstić information content (AvgIpc) is 1.94. The highest BCUT2D eigenvalue weighted by atomic mass is 15.4. The van der Waals surface area contributed by atoms with E-state index in [0.29, 0.717) is 5.92 Å². The van der Waals surface area contributed by atoms with Crippen molar-refractivity contribution in [2.24, 2.45) is 11.8 Å². The zero-order valence-corrected chi connectivity index (χ0v) is 7.04. The molecule has 1 heterocycles. The van der Waals surface area contributed by atoms with Gasteiger partial charge in [0.15, 0.2) is 0 Å². The Hall–Kier alpha value is -1.02. The van der Waals surface area contributed by atoms with Crippen LogP contribution in [0.1, 0.15) is 13.8 Å². The fraction of sp³-hybridized carbons (Fsp3) is 0.333. The van der Waals surface area contributed by atoms with Crippen LogP contribution in [0.15, 0.2) is 36.2 Å². The molecule has 0 aromatic carbocycles. The van der Waals surface area contributed by atoms with Gasteiger partial charge >= 0.3 is 0 Å². The number of hydrogen-bond donors (Lipinski definition) is 1. The second-order valence-electron chi connectivity index (χ2n) is 3.01. The number of hydrogen-bond acceptors (Lipinski definition) is 2. The van der Waals surface area contributed by atoms with Gasteiger partial charge in [-0.05, 0) is 23.6 Å². The van der Waals surface area contributed by atoms with Crippen LogP contribution in [0.2, 0.25) is 0 Å². The van der Waals surface area contributed by atoms with Gasteiger partial charge < -0.3 is 0 Å². The average molecular weight is 150 g/mol. The smallest absolute Gasteiger partial charge is 0.0499 e. The summed E-state index contributed by atoms with van der Waals surface area (Å²) in [4.78, 5) is 0. The predicted octanol–water partition coefficient (Wildman–Crippen LogP) is 1.79. The van der Waals surface area contributed by atoms with Crippen LogP contribution >= 0.6 is 0 Å². The Labute approximate surface area is 67.7 Å². The summed E-state index contributed by atoms with van der Waals surface area (Å²) in [5.41, 5.74) is 2.12. The van der Waals surface area contributed by atoms with Crippen LogP contribution in [-0.4, -0.2) is 5.01 Å². The summed E-state index contributed by atoms with van der Waals surface area (Å²) in [6.07, 6.45) is 5.85. The van der Waals surface area contributed by atoms with Gasteiger partial charge in [-0.25, -0.2) is 5.84 Å². The molecule has 60 valence electrons. The fourth-order valence-electron chi connectivity index (χ4n) is 0.936. The topological polar surface area (TPSA) is 29.3 Å². The minimum absolute atomic E-state index is 0.539. The van der Waals surface area contributed by atoms with Crippen molar-refractivity contribution in [2.75, 3.05) is 0 Å². The molecule has 0 radical (unpaired) electrons. The van der Waals surface area contributed by atoms with Crippen molar-refractivity contribution in [1.29, 1.82) is 0 Å². The monoisotopic (exact) mass is 150 g/mol. The zero-order chi connectivity index (χ0) is 8.43. The predicted molar refractivity (Wildman–Crippen MR) is 47.2 cm³/mol. The standard InChI is InChI=1S/C9H14N2/c1-7(2)9-4-5-11(10)8(3)6-9/h4-7H,3,10H2,1-2H3. The van der Waals surface area contributed by atoms with Crippen LogP contribution in [0.4, 0.5) is 0 Å². The molecule has 2 N–H and O–H groups in total. The van der Waals surface area contributed by atoms with Crippen molar-refractivity contribution in [1.82, 2.24) is 5.01 Å². The second-order valence-corrected chi connectivity index (χ2v) is 3.01. The Kier molecular flexibility index (Phi) is 2.15. The van der Waals surface area contributed by atoms with Gasteiger partial charge in [0.2, 0.25) is 0 Å². The summed E-state index contributed by atoms with van der Waals surface area (Å²) in [6, 6.07) is 0. The summed E-state index contributed by atoms with van der Waals surface area (Å²) < 4.78 is 0. The first kappa shape index (κ1) is 8.08. The van der Waals surface area contributed by atoms with Crippen molar-refractivity contribution in [3.63, 3.8) is 0 Å². The normalized spacial score (nSPS) is 17.6. The minimum Gasteiger partial charge on any atom is -0.288 e. The molecule has 0 unspecified atom stereocenters. The van der Waals surface area contributed by atoms with Gasteiger partial charge in [0.25, 0.3) is 0 Å². The van der Waals surface area contributed by atoms with Gasteiger partial charge in [0.05, 0.1) is 0 Å². The van der Waals surface area contributed by atoms with Crippen molar-refractivity contribution in [3.8, 4) is 0 Å². The first-order chi connectivity index (χ1) is 5.11. The molecular formula is C9H14N2. The van der Waals surface area contributed by atoms with Crippen LogP contribution in [0.3, 0.4) is 0 Å². The van der Waals surface area contributed by atoms with E-state index in [1.54, 1.807) is 0 Å². The van der Waals surface area contributed by atoms with Gasteiger partial charge in [-0.1, -0.05) is 20.4 Å². The van der Waals surface area contributed by atoms with E-state index >= 15 is 0 Å². The van der Waals surface area contributed by atoms with Crippen LogP contribution in [-0.2, 0) is 0 Å². The molecule has 2 nitrogen and oxygen atoms in total. The number of allylic oxidation sites excluding steroid dienone is 3. The Balaban J connectivity index is 2.80. The summed E-state index contributed by atoms with van der Waals surface area (Å²) in [6.45, 7) is 8.10. The molecule has 0 spiro atoms. The number of nitrogens with zero attached hydrogens (tertiary/aromatic N) is 1. The van der Waals surface area contributed by atoms with E-state index < -0.39 is 0 Å². The van der Waals surface area contributed by atoms with Gasteiger partial charge in [-0.3, -0.25) is 5.01 Å². The summed E-state index contributed by atoms with van der Waals surface area (Å²) in [5, 5.41) is 1.52. The van der Waals surface area contributed by atoms with Gasteiger partial charge in [-0.2, -0.15) is 0 Å². The summed E-state index contributed by atoms with van der Waals surface area (Å²) in [7, 11) is 0. The number of hydrazine groups is 1. The lowest BCUT2D eigenvalue weighted by Crippen LogP contribution is -2.24. The van der Waals surface area contributed by atoms with Crippen LogP contribution in [0, 0.1) is 5.92 Å². The number of rotatable bonds is 1. The lowest BCUT2D eigenvalue weighted by atomic mass is 10.0. The largest absolute Gasteiger partial charge is 0.288 e. The quantitative estimate of drug-likeness (QED) is 0.577. The highest BCUT2D eigenvalue weighted by Gasteiger charge is 2.06. The van der Waals surface area contributed by atoms with E-state index in [4.69, 9.17) is 5.84 Å². The number of nitrogens with two attached hydrogens (primary N) is 1. The van der Waals surface area contributed by atoms with Gasteiger partial charge in [0.1, 0.15) is 0 Å². The highest BCUT2D eigenvalue weighted by Crippen LogP contribution is 2.18. The van der Waals surface area contributed by atoms with Crippen molar-refractivity contribution in [3.05, 3.63) is 36.2 Å². The maximum absolute atomic E-state index is 5.54. The lowest BCUT2D eigenvalue weighted by molar-refractivity contribution is 0.501. The molecule has 0 amide bonds. The van der Waals surface area contributed by atoms with E-state index in [1.807, 2.05) is 18.4 Å². The molecule has 2 heteroatoms. The third-order valence-electron chi connectivity index (χ3n) is 1.76. The summed E-state index contributed by atoms with van der Waals surface area (Å²) in [5.74, 6) is 6.08. The zero-order valence-electron chi connectivity index (χ0n) is 7.04. The molecule has 0 atom stereocenters. The highest BCUT2D eigenvalue weighted by molar-refractivity contribution is 5.33. The van der Waals surface area contributed by atoms with Crippen LogP contribution < -0.4 is 5.84 Å². The second kappa shape index (κ2) is 2.93. The SMILES string of the molecule is C=C1C=C(C(C)C)C=CN1N. The Morgan fingerprint density at radius 2 is 2.18 bits per heavy atom. The van der Waals surface area contributed by atoms with E-state index in [2.05, 4.69) is 20.4 Å². The first-order valence-electron chi connectivity index (χ1n) is 3.74. The third-order valence-corrected chi connectivity index (χ3v) is 1.76. The maximum Gasteiger partial charge on any atom is 0.0499 e. The Morgan fingerprint density at radius 3 is 2.64 bits per heavy atom. The molecule has 0 bridgehead atoms. The fourth-order valence-corrected chi connectivity index (χ4v) is 0.936. The Morgan fingerprint density at radius 1 is 1.55 bits per heavy atom. The third kappa shape index (κ3) is 1.71. The van der Waals surface area contributed by atoms with Crippen LogP contribution in [0.5, 0.6) is 0 Å². The molecule has 0 aliphatic carbocycles. The van der Waals surface area contributed by atoms with E-state index in [0.717, 1.165) is 5.70 Å². The molecule has 0 aromatic heterocycles. The van der Waals surface area contributed by atoms with E-state index in [9.17, 15) is 0 Å². The molecule has 0 saturated carbocycles. The van der Waals surface area contributed by atoms with Crippen molar-refractivity contribution in [2.45, 2.75) is 13.8 Å². The molecule has 1 rings (SSSR count). The van der Waals surface area contributed by atoms with Crippen LogP contribution in [0.25, 0.3) is 0 Å². The molecule has 0 aromatic rings. The van der Waals surface area contributed by atoms with E-state index in [1.165, 1.54) is 10.6 Å². The molecule has 1 aliphatic rings. The van der Waals surface area contributed by atoms with Crippen molar-refractivity contribution >= 4 is 0 Å². The van der Waals surface area contributed by atoms with E-state index in [-0.39, 0.29) is 0 Å². The molecule has 11 heavy (non-hydrogen) atoms. The lowest BCUT2D eigenvalue weighted by Gasteiger charge is -2.20. The Bertz CT molecular complexity index is 224. The maximum atomic E-state index is 5.54. The molecule has 0 fully saturated rings. The molecule has 0 saturated heterocycles. The van der Waals surface area contributed by atoms with Gasteiger partial charge in [-0.15, -0.1) is 0 Å². The summed E-state index contributed by atoms with van der Waals surface area (Å²) >= 11 is 0. The molecular weight excluding hydrogens is 136 g/mol. The minimum atomic E-state index is 0.539. The molecule has 1 aliphatic heterocycles. The first-order valence-corrected chi connectivity index (χ1v) is 3.74.